The van der Waals surface area contributed by atoms with E-state index in [-0.39, 0.29) is 0 Å². The predicted molar refractivity (Wildman–Crippen MR) is 46.1 cm³/mol. The van der Waals surface area contributed by atoms with E-state index >= 15 is 0 Å². The van der Waals surface area contributed by atoms with Gasteiger partial charge in [-0.25, -0.2) is 0 Å². The molecule has 1 heterocycles. The van der Waals surface area contributed by atoms with Crippen LogP contribution in [0.1, 0.15) is 5.69 Å². The zero-order valence-corrected chi connectivity index (χ0v) is 7.19. The molecule has 4 heteroatoms. The third kappa shape index (κ3) is 2.02. The molecule has 0 saturated carbocycles. The van der Waals surface area contributed by atoms with E-state index in [9.17, 15) is 4.79 Å². The van der Waals surface area contributed by atoms with Crippen molar-refractivity contribution in [1.29, 1.82) is 0 Å². The van der Waals surface area contributed by atoms with Gasteiger partial charge in [-0.05, 0) is 12.1 Å². The van der Waals surface area contributed by atoms with Crippen molar-refractivity contribution in [2.45, 2.75) is 6.42 Å². The van der Waals surface area contributed by atoms with Crippen molar-refractivity contribution in [3.05, 3.63) is 17.8 Å². The normalized spacial score (nSPS) is 9.50. The lowest BCUT2D eigenvalue weighted by atomic mass is 10.3. The summed E-state index contributed by atoms with van der Waals surface area (Å²) in [6.45, 7) is 0. The molecule has 0 unspecified atom stereocenters. The fourth-order valence-electron chi connectivity index (χ4n) is 0.786. The zero-order valence-electron chi connectivity index (χ0n) is 7.19. The van der Waals surface area contributed by atoms with Crippen LogP contribution in [0.25, 0.3) is 0 Å². The van der Waals surface area contributed by atoms with Crippen molar-refractivity contribution in [3.63, 3.8) is 0 Å². The van der Waals surface area contributed by atoms with Crippen molar-refractivity contribution in [3.8, 4) is 0 Å². The number of nitrogens with zero attached hydrogens (tertiary/aromatic N) is 3. The van der Waals surface area contributed by atoms with Crippen LogP contribution in [0.2, 0.25) is 0 Å². The maximum absolute atomic E-state index is 10.1. The highest BCUT2D eigenvalue weighted by atomic mass is 16.1. The van der Waals surface area contributed by atoms with Gasteiger partial charge in [-0.2, -0.15) is 5.10 Å². The van der Waals surface area contributed by atoms with Gasteiger partial charge in [0.1, 0.15) is 6.29 Å². The average Bonchev–Trinajstić information content (AvgIpc) is 2.06. The molecule has 64 valence electrons. The van der Waals surface area contributed by atoms with Gasteiger partial charge in [0.15, 0.2) is 5.82 Å². The quantitative estimate of drug-likeness (QED) is 0.604. The predicted octanol–water partition coefficient (Wildman–Crippen LogP) is 0.284. The summed E-state index contributed by atoms with van der Waals surface area (Å²) in [5.41, 5.74) is 0.704. The lowest BCUT2D eigenvalue weighted by Gasteiger charge is -2.09. The standard InChI is InChI=1S/C8H11N3O/c1-11(2)8-4-3-7(5-6-12)9-10-8/h3-4,6H,5H2,1-2H3. The summed E-state index contributed by atoms with van der Waals surface area (Å²) in [5, 5.41) is 7.78. The molecule has 0 aliphatic carbocycles. The van der Waals surface area contributed by atoms with Gasteiger partial charge < -0.3 is 9.69 Å². The zero-order chi connectivity index (χ0) is 8.97. The first-order valence-electron chi connectivity index (χ1n) is 3.67. The highest BCUT2D eigenvalue weighted by molar-refractivity contribution is 5.53. The fourth-order valence-corrected chi connectivity index (χ4v) is 0.786. The van der Waals surface area contributed by atoms with Gasteiger partial charge in [0.2, 0.25) is 0 Å². The van der Waals surface area contributed by atoms with Crippen LogP contribution in [-0.2, 0) is 11.2 Å². The molecule has 0 amide bonds. The van der Waals surface area contributed by atoms with Gasteiger partial charge in [-0.1, -0.05) is 0 Å². The minimum Gasteiger partial charge on any atom is -0.361 e. The first kappa shape index (κ1) is 8.64. The largest absolute Gasteiger partial charge is 0.361 e. The second kappa shape index (κ2) is 3.80. The van der Waals surface area contributed by atoms with E-state index in [4.69, 9.17) is 0 Å². The molecule has 0 saturated heterocycles. The maximum Gasteiger partial charge on any atom is 0.150 e. The van der Waals surface area contributed by atoms with Gasteiger partial charge in [-0.15, -0.1) is 5.10 Å². The topological polar surface area (TPSA) is 46.1 Å². The number of aldehydes is 1. The Balaban J connectivity index is 2.78. The van der Waals surface area contributed by atoms with Crippen LogP contribution in [0, 0.1) is 0 Å². The Morgan fingerprint density at radius 3 is 2.58 bits per heavy atom. The highest BCUT2D eigenvalue weighted by Gasteiger charge is 1.97. The van der Waals surface area contributed by atoms with Gasteiger partial charge in [0, 0.05) is 20.5 Å². The molecular weight excluding hydrogens is 154 g/mol. The Morgan fingerprint density at radius 2 is 2.17 bits per heavy atom. The summed E-state index contributed by atoms with van der Waals surface area (Å²) in [6, 6.07) is 3.64. The molecule has 0 spiro atoms. The molecule has 4 nitrogen and oxygen atoms in total. The third-order valence-corrected chi connectivity index (χ3v) is 1.46. The Hall–Kier alpha value is -1.45. The van der Waals surface area contributed by atoms with Crippen molar-refractivity contribution < 1.29 is 4.79 Å². The molecule has 0 bridgehead atoms. The molecule has 0 N–H and O–H groups in total. The summed E-state index contributed by atoms with van der Waals surface area (Å²) < 4.78 is 0. The monoisotopic (exact) mass is 165 g/mol. The van der Waals surface area contributed by atoms with Crippen LogP contribution < -0.4 is 4.90 Å². The van der Waals surface area contributed by atoms with E-state index in [0.29, 0.717) is 12.1 Å². The van der Waals surface area contributed by atoms with Crippen LogP contribution in [-0.4, -0.2) is 30.6 Å². The minimum absolute atomic E-state index is 0.334. The van der Waals surface area contributed by atoms with E-state index in [0.717, 1.165) is 12.1 Å². The maximum atomic E-state index is 10.1. The van der Waals surface area contributed by atoms with Crippen molar-refractivity contribution in [2.75, 3.05) is 19.0 Å². The lowest BCUT2D eigenvalue weighted by Crippen LogP contribution is -2.11. The Morgan fingerprint density at radius 1 is 1.42 bits per heavy atom. The number of hydrogen-bond acceptors (Lipinski definition) is 4. The molecule has 0 aromatic carbocycles. The molecule has 0 fully saturated rings. The minimum atomic E-state index is 0.334. The van der Waals surface area contributed by atoms with Gasteiger partial charge >= 0.3 is 0 Å². The van der Waals surface area contributed by atoms with E-state index in [1.807, 2.05) is 25.1 Å². The van der Waals surface area contributed by atoms with E-state index in [1.54, 1.807) is 6.07 Å². The molecule has 0 atom stereocenters. The molecule has 1 aromatic rings. The molecule has 1 aromatic heterocycles. The molecule has 0 radical (unpaired) electrons. The van der Waals surface area contributed by atoms with Crippen LogP contribution >= 0.6 is 0 Å². The van der Waals surface area contributed by atoms with E-state index < -0.39 is 0 Å². The fraction of sp³-hybridized carbons (Fsp3) is 0.375. The third-order valence-electron chi connectivity index (χ3n) is 1.46. The van der Waals surface area contributed by atoms with Gasteiger partial charge in [0.05, 0.1) is 5.69 Å². The molecule has 1 rings (SSSR count). The molecule has 0 aliphatic heterocycles. The SMILES string of the molecule is CN(C)c1ccc(CC=O)nn1. The van der Waals surface area contributed by atoms with Crippen LogP contribution in [0.5, 0.6) is 0 Å². The number of aromatic nitrogens is 2. The van der Waals surface area contributed by atoms with Crippen LogP contribution in [0.4, 0.5) is 5.82 Å². The summed E-state index contributed by atoms with van der Waals surface area (Å²) >= 11 is 0. The smallest absolute Gasteiger partial charge is 0.150 e. The van der Waals surface area contributed by atoms with Crippen LogP contribution in [0.15, 0.2) is 12.1 Å². The second-order valence-electron chi connectivity index (χ2n) is 2.65. The Labute approximate surface area is 71.2 Å². The molecule has 0 aliphatic rings. The summed E-state index contributed by atoms with van der Waals surface area (Å²) in [6.07, 6.45) is 1.15. The van der Waals surface area contributed by atoms with Gasteiger partial charge in [0.25, 0.3) is 0 Å². The van der Waals surface area contributed by atoms with Gasteiger partial charge in [-0.3, -0.25) is 0 Å². The van der Waals surface area contributed by atoms with E-state index in [1.165, 1.54) is 0 Å². The number of carbonyl (C=O) groups excluding carboxylic acids is 1. The van der Waals surface area contributed by atoms with Crippen molar-refractivity contribution >= 4 is 12.1 Å². The first-order valence-corrected chi connectivity index (χ1v) is 3.67. The number of carbonyl (C=O) groups is 1. The summed E-state index contributed by atoms with van der Waals surface area (Å²) in [7, 11) is 3.78. The Kier molecular flexibility index (Phi) is 2.74. The Bertz CT molecular complexity index is 256. The average molecular weight is 165 g/mol. The molecule has 12 heavy (non-hydrogen) atoms. The highest BCUT2D eigenvalue weighted by Crippen LogP contribution is 2.04. The van der Waals surface area contributed by atoms with E-state index in [2.05, 4.69) is 10.2 Å². The second-order valence-corrected chi connectivity index (χ2v) is 2.65. The molecular formula is C8H11N3O. The lowest BCUT2D eigenvalue weighted by molar-refractivity contribution is -0.107. The summed E-state index contributed by atoms with van der Waals surface area (Å²) in [4.78, 5) is 12.0. The van der Waals surface area contributed by atoms with Crippen LogP contribution in [0.3, 0.4) is 0 Å². The van der Waals surface area contributed by atoms with Crippen molar-refractivity contribution in [1.82, 2.24) is 10.2 Å². The first-order chi connectivity index (χ1) is 5.74. The summed E-state index contributed by atoms with van der Waals surface area (Å²) in [5.74, 6) is 0.796. The number of hydrogen-bond donors (Lipinski definition) is 0. The number of rotatable bonds is 3. The van der Waals surface area contributed by atoms with Crippen molar-refractivity contribution in [2.24, 2.45) is 0 Å². The number of anilines is 1.